The lowest BCUT2D eigenvalue weighted by Gasteiger charge is -2.28. The van der Waals surface area contributed by atoms with Crippen molar-refractivity contribution in [3.05, 3.63) is 28.8 Å². The molecule has 2 rings (SSSR count). The van der Waals surface area contributed by atoms with E-state index >= 15 is 0 Å². The van der Waals surface area contributed by atoms with Crippen LogP contribution >= 0.6 is 11.6 Å². The molecule has 1 fully saturated rings. The van der Waals surface area contributed by atoms with Crippen LogP contribution in [0.2, 0.25) is 5.02 Å². The molecule has 1 atom stereocenters. The molecule has 19 heavy (non-hydrogen) atoms. The maximum absolute atomic E-state index is 12.2. The highest BCUT2D eigenvalue weighted by Gasteiger charge is 2.22. The van der Waals surface area contributed by atoms with Gasteiger partial charge < -0.3 is 15.8 Å². The summed E-state index contributed by atoms with van der Waals surface area (Å²) in [7, 11) is 0. The van der Waals surface area contributed by atoms with Crippen LogP contribution < -0.4 is 11.1 Å². The number of nitrogens with two attached hydrogens (primary N) is 1. The Balaban J connectivity index is 1.99. The Morgan fingerprint density at radius 2 is 2.16 bits per heavy atom. The number of amides is 1. The number of hydrogen-bond acceptors (Lipinski definition) is 3. The summed E-state index contributed by atoms with van der Waals surface area (Å²) in [6.07, 6.45) is 1.97. The molecule has 1 aliphatic rings. The van der Waals surface area contributed by atoms with Crippen LogP contribution in [0.15, 0.2) is 18.2 Å². The van der Waals surface area contributed by atoms with Crippen molar-refractivity contribution in [2.45, 2.75) is 25.8 Å². The Morgan fingerprint density at radius 3 is 2.79 bits per heavy atom. The summed E-state index contributed by atoms with van der Waals surface area (Å²) >= 11 is 6.03. The van der Waals surface area contributed by atoms with Crippen LogP contribution in [-0.2, 0) is 4.74 Å². The van der Waals surface area contributed by atoms with E-state index in [1.165, 1.54) is 0 Å². The summed E-state index contributed by atoms with van der Waals surface area (Å²) in [4.78, 5) is 12.2. The van der Waals surface area contributed by atoms with Gasteiger partial charge in [-0.15, -0.1) is 0 Å². The van der Waals surface area contributed by atoms with Gasteiger partial charge in [-0.25, -0.2) is 0 Å². The summed E-state index contributed by atoms with van der Waals surface area (Å²) in [5, 5.41) is 3.39. The summed E-state index contributed by atoms with van der Waals surface area (Å²) in [6, 6.07) is 5.05. The standard InChI is InChI=1S/C14H19ClN2O2/c1-9(10-4-6-19-7-5-10)17-14(18)12-3-2-11(16)8-13(12)15/h2-3,8-10H,4-7,16H2,1H3,(H,17,18). The zero-order valence-corrected chi connectivity index (χ0v) is 11.7. The minimum Gasteiger partial charge on any atom is -0.399 e. The second-order valence-corrected chi connectivity index (χ2v) is 5.36. The van der Waals surface area contributed by atoms with Crippen molar-refractivity contribution in [1.82, 2.24) is 5.32 Å². The van der Waals surface area contributed by atoms with Gasteiger partial charge in [0.1, 0.15) is 0 Å². The Labute approximate surface area is 118 Å². The lowest BCUT2D eigenvalue weighted by Crippen LogP contribution is -2.40. The number of hydrogen-bond donors (Lipinski definition) is 2. The maximum atomic E-state index is 12.2. The van der Waals surface area contributed by atoms with Gasteiger partial charge in [0.05, 0.1) is 10.6 Å². The lowest BCUT2D eigenvalue weighted by atomic mass is 9.93. The third kappa shape index (κ3) is 3.61. The zero-order valence-electron chi connectivity index (χ0n) is 11.0. The van der Waals surface area contributed by atoms with Crippen LogP contribution in [0.4, 0.5) is 5.69 Å². The Bertz CT molecular complexity index is 459. The summed E-state index contributed by atoms with van der Waals surface area (Å²) in [5.74, 6) is 0.314. The molecular weight excluding hydrogens is 264 g/mol. The first kappa shape index (κ1) is 14.2. The first-order valence-corrected chi connectivity index (χ1v) is 6.89. The molecule has 104 valence electrons. The lowest BCUT2D eigenvalue weighted by molar-refractivity contribution is 0.0538. The van der Waals surface area contributed by atoms with Crippen molar-refractivity contribution in [1.29, 1.82) is 0 Å². The second kappa shape index (κ2) is 6.26. The molecule has 1 saturated heterocycles. The van der Waals surface area contributed by atoms with Gasteiger partial charge in [-0.2, -0.15) is 0 Å². The zero-order chi connectivity index (χ0) is 13.8. The van der Waals surface area contributed by atoms with E-state index in [9.17, 15) is 4.79 Å². The molecule has 4 nitrogen and oxygen atoms in total. The fourth-order valence-electron chi connectivity index (χ4n) is 2.33. The number of benzene rings is 1. The fourth-order valence-corrected chi connectivity index (χ4v) is 2.61. The highest BCUT2D eigenvalue weighted by Crippen LogP contribution is 2.21. The number of carbonyl (C=O) groups is 1. The van der Waals surface area contributed by atoms with E-state index in [1.807, 2.05) is 6.92 Å². The van der Waals surface area contributed by atoms with Crippen LogP contribution in [0.3, 0.4) is 0 Å². The van der Waals surface area contributed by atoms with Gasteiger partial charge in [-0.1, -0.05) is 11.6 Å². The topological polar surface area (TPSA) is 64.4 Å². The van der Waals surface area contributed by atoms with Crippen LogP contribution in [-0.4, -0.2) is 25.2 Å². The van der Waals surface area contributed by atoms with Crippen molar-refractivity contribution in [3.8, 4) is 0 Å². The number of carbonyl (C=O) groups excluding carboxylic acids is 1. The largest absolute Gasteiger partial charge is 0.399 e. The molecule has 1 aromatic carbocycles. The molecule has 1 aliphatic heterocycles. The maximum Gasteiger partial charge on any atom is 0.253 e. The molecule has 0 saturated carbocycles. The number of nitrogen functional groups attached to an aromatic ring is 1. The minimum atomic E-state index is -0.149. The number of ether oxygens (including phenoxy) is 1. The molecule has 0 bridgehead atoms. The van der Waals surface area contributed by atoms with Crippen molar-refractivity contribution < 1.29 is 9.53 Å². The van der Waals surface area contributed by atoms with Crippen molar-refractivity contribution in [2.75, 3.05) is 18.9 Å². The van der Waals surface area contributed by atoms with Gasteiger partial charge >= 0.3 is 0 Å². The van der Waals surface area contributed by atoms with Gasteiger partial charge in [0.2, 0.25) is 0 Å². The van der Waals surface area contributed by atoms with E-state index in [0.29, 0.717) is 22.2 Å². The fraction of sp³-hybridized carbons (Fsp3) is 0.500. The number of anilines is 1. The molecule has 5 heteroatoms. The van der Waals surface area contributed by atoms with Gasteiger partial charge in [-0.3, -0.25) is 4.79 Å². The summed E-state index contributed by atoms with van der Waals surface area (Å²) in [5.41, 5.74) is 6.64. The first-order chi connectivity index (χ1) is 9.08. The number of nitrogens with one attached hydrogen (secondary N) is 1. The van der Waals surface area contributed by atoms with E-state index < -0.39 is 0 Å². The molecular formula is C14H19ClN2O2. The van der Waals surface area contributed by atoms with E-state index in [-0.39, 0.29) is 11.9 Å². The first-order valence-electron chi connectivity index (χ1n) is 6.51. The van der Waals surface area contributed by atoms with E-state index in [1.54, 1.807) is 18.2 Å². The Kier molecular flexibility index (Phi) is 4.66. The predicted octanol–water partition coefficient (Wildman–Crippen LogP) is 2.47. The number of rotatable bonds is 3. The molecule has 1 unspecified atom stereocenters. The van der Waals surface area contributed by atoms with Crippen LogP contribution in [0.25, 0.3) is 0 Å². The molecule has 3 N–H and O–H groups in total. The van der Waals surface area contributed by atoms with Gasteiger partial charge in [0.15, 0.2) is 0 Å². The van der Waals surface area contributed by atoms with Crippen molar-refractivity contribution in [3.63, 3.8) is 0 Å². The van der Waals surface area contributed by atoms with Gasteiger partial charge in [0, 0.05) is 24.9 Å². The molecule has 1 aromatic rings. The SMILES string of the molecule is CC(NC(=O)c1ccc(N)cc1Cl)C1CCOCC1. The van der Waals surface area contributed by atoms with E-state index in [2.05, 4.69) is 5.32 Å². The third-order valence-electron chi connectivity index (χ3n) is 3.57. The normalized spacial score (nSPS) is 18.0. The van der Waals surface area contributed by atoms with E-state index in [0.717, 1.165) is 26.1 Å². The van der Waals surface area contributed by atoms with Gasteiger partial charge in [0.25, 0.3) is 5.91 Å². The van der Waals surface area contributed by atoms with E-state index in [4.69, 9.17) is 22.1 Å². The quantitative estimate of drug-likeness (QED) is 0.837. The molecule has 0 radical (unpaired) electrons. The van der Waals surface area contributed by atoms with Crippen LogP contribution in [0, 0.1) is 5.92 Å². The van der Waals surface area contributed by atoms with Gasteiger partial charge in [-0.05, 0) is 43.9 Å². The van der Waals surface area contributed by atoms with Crippen LogP contribution in [0.1, 0.15) is 30.1 Å². The second-order valence-electron chi connectivity index (χ2n) is 4.95. The molecule has 0 spiro atoms. The highest BCUT2D eigenvalue weighted by molar-refractivity contribution is 6.34. The summed E-state index contributed by atoms with van der Waals surface area (Å²) < 4.78 is 5.32. The molecule has 1 heterocycles. The highest BCUT2D eigenvalue weighted by atomic mass is 35.5. The summed E-state index contributed by atoms with van der Waals surface area (Å²) in [6.45, 7) is 3.57. The Hall–Kier alpha value is -1.26. The number of halogens is 1. The Morgan fingerprint density at radius 1 is 1.47 bits per heavy atom. The molecule has 0 aromatic heterocycles. The predicted molar refractivity (Wildman–Crippen MR) is 76.3 cm³/mol. The van der Waals surface area contributed by atoms with Crippen molar-refractivity contribution in [2.24, 2.45) is 5.92 Å². The average molecular weight is 283 g/mol. The monoisotopic (exact) mass is 282 g/mol. The molecule has 0 aliphatic carbocycles. The average Bonchev–Trinajstić information content (AvgIpc) is 2.39. The van der Waals surface area contributed by atoms with Crippen LogP contribution in [0.5, 0.6) is 0 Å². The molecule has 1 amide bonds. The van der Waals surface area contributed by atoms with Crippen molar-refractivity contribution >= 4 is 23.2 Å². The third-order valence-corrected chi connectivity index (χ3v) is 3.88. The minimum absolute atomic E-state index is 0.116. The smallest absolute Gasteiger partial charge is 0.253 e.